The number of nitrogens with two attached hydrogens (primary N) is 1. The van der Waals surface area contributed by atoms with Gasteiger partial charge in [-0.1, -0.05) is 18.3 Å². The van der Waals surface area contributed by atoms with E-state index < -0.39 is 0 Å². The predicted molar refractivity (Wildman–Crippen MR) is 75.2 cm³/mol. The fourth-order valence-corrected chi connectivity index (χ4v) is 4.21. The van der Waals surface area contributed by atoms with Gasteiger partial charge in [-0.15, -0.1) is 16.4 Å². The summed E-state index contributed by atoms with van der Waals surface area (Å²) in [5.41, 5.74) is 3.87. The standard InChI is InChI=1S/C10H13BrN4S2/c1-5(2)7-10(17-15-14-7)8(13-12)9-6(11)3-4-16-9/h3-5,8,13H,12H2,1-2H3. The number of hydrogen-bond acceptors (Lipinski definition) is 6. The molecule has 2 heterocycles. The molecule has 92 valence electrons. The highest BCUT2D eigenvalue weighted by atomic mass is 79.9. The van der Waals surface area contributed by atoms with Crippen LogP contribution in [-0.4, -0.2) is 9.59 Å². The molecular formula is C10H13BrN4S2. The number of thiophene rings is 1. The molecule has 0 fully saturated rings. The highest BCUT2D eigenvalue weighted by Gasteiger charge is 2.24. The van der Waals surface area contributed by atoms with Gasteiger partial charge < -0.3 is 0 Å². The van der Waals surface area contributed by atoms with Gasteiger partial charge in [0.05, 0.1) is 16.6 Å². The summed E-state index contributed by atoms with van der Waals surface area (Å²) in [6.45, 7) is 4.22. The summed E-state index contributed by atoms with van der Waals surface area (Å²) < 4.78 is 5.10. The monoisotopic (exact) mass is 332 g/mol. The molecule has 1 unspecified atom stereocenters. The molecule has 2 aromatic rings. The van der Waals surface area contributed by atoms with E-state index in [0.717, 1.165) is 19.9 Å². The minimum atomic E-state index is -0.0400. The van der Waals surface area contributed by atoms with Gasteiger partial charge in [-0.2, -0.15) is 0 Å². The Morgan fingerprint density at radius 3 is 2.71 bits per heavy atom. The van der Waals surface area contributed by atoms with Crippen LogP contribution in [0.25, 0.3) is 0 Å². The minimum absolute atomic E-state index is 0.0400. The Balaban J connectivity index is 2.43. The van der Waals surface area contributed by atoms with Crippen LogP contribution in [0, 0.1) is 0 Å². The van der Waals surface area contributed by atoms with E-state index in [0.29, 0.717) is 5.92 Å². The van der Waals surface area contributed by atoms with Gasteiger partial charge >= 0.3 is 0 Å². The second kappa shape index (κ2) is 5.53. The summed E-state index contributed by atoms with van der Waals surface area (Å²) in [5, 5.41) is 6.22. The van der Waals surface area contributed by atoms with Crippen molar-refractivity contribution >= 4 is 38.8 Å². The molecule has 3 N–H and O–H groups in total. The van der Waals surface area contributed by atoms with Crippen LogP contribution >= 0.6 is 38.8 Å². The summed E-state index contributed by atoms with van der Waals surface area (Å²) in [6.07, 6.45) is 0. The Labute approximate surface area is 117 Å². The number of halogens is 1. The van der Waals surface area contributed by atoms with Crippen molar-refractivity contribution in [3.63, 3.8) is 0 Å². The third-order valence-corrected chi connectivity index (χ3v) is 5.16. The first-order valence-corrected chi connectivity index (χ1v) is 7.61. The minimum Gasteiger partial charge on any atom is -0.271 e. The summed E-state index contributed by atoms with van der Waals surface area (Å²) in [4.78, 5) is 2.24. The smallest absolute Gasteiger partial charge is 0.0940 e. The third kappa shape index (κ3) is 2.58. The molecule has 0 saturated carbocycles. The van der Waals surface area contributed by atoms with E-state index in [1.54, 1.807) is 11.3 Å². The van der Waals surface area contributed by atoms with Crippen molar-refractivity contribution in [2.24, 2.45) is 5.84 Å². The first kappa shape index (κ1) is 13.1. The average molecular weight is 333 g/mol. The fraction of sp³-hybridized carbons (Fsp3) is 0.400. The van der Waals surface area contributed by atoms with Gasteiger partial charge in [0.1, 0.15) is 0 Å². The normalized spacial score (nSPS) is 13.2. The fourth-order valence-electron chi connectivity index (χ4n) is 1.59. The molecule has 0 aliphatic heterocycles. The molecule has 7 heteroatoms. The van der Waals surface area contributed by atoms with Gasteiger partial charge in [0.15, 0.2) is 0 Å². The van der Waals surface area contributed by atoms with Crippen molar-refractivity contribution in [2.75, 3.05) is 0 Å². The molecule has 0 radical (unpaired) electrons. The molecule has 0 bridgehead atoms. The van der Waals surface area contributed by atoms with E-state index in [9.17, 15) is 0 Å². The van der Waals surface area contributed by atoms with Gasteiger partial charge in [-0.25, -0.2) is 5.43 Å². The molecule has 0 aliphatic rings. The molecule has 0 amide bonds. The lowest BCUT2D eigenvalue weighted by Crippen LogP contribution is -2.28. The van der Waals surface area contributed by atoms with E-state index in [-0.39, 0.29) is 6.04 Å². The molecule has 4 nitrogen and oxygen atoms in total. The number of nitrogens with one attached hydrogen (secondary N) is 1. The van der Waals surface area contributed by atoms with Crippen LogP contribution in [0.4, 0.5) is 0 Å². The van der Waals surface area contributed by atoms with Crippen molar-refractivity contribution in [3.05, 3.63) is 31.4 Å². The molecule has 17 heavy (non-hydrogen) atoms. The van der Waals surface area contributed by atoms with Crippen LogP contribution in [0.1, 0.15) is 41.3 Å². The van der Waals surface area contributed by atoms with E-state index in [1.165, 1.54) is 11.5 Å². The van der Waals surface area contributed by atoms with Crippen molar-refractivity contribution in [1.82, 2.24) is 15.0 Å². The summed E-state index contributed by atoms with van der Waals surface area (Å²) in [6, 6.07) is 1.98. The maximum absolute atomic E-state index is 5.68. The molecule has 0 aromatic carbocycles. The van der Waals surface area contributed by atoms with E-state index in [4.69, 9.17) is 5.84 Å². The highest BCUT2D eigenvalue weighted by molar-refractivity contribution is 9.10. The number of nitrogens with zero attached hydrogens (tertiary/aromatic N) is 2. The molecule has 0 spiro atoms. The molecule has 1 atom stereocenters. The van der Waals surface area contributed by atoms with Gasteiger partial charge in [-0.3, -0.25) is 5.84 Å². The SMILES string of the molecule is CC(C)c1nnsc1C(NN)c1sccc1Br. The number of rotatable bonds is 4. The third-order valence-electron chi connectivity index (χ3n) is 2.42. The lowest BCUT2D eigenvalue weighted by Gasteiger charge is -2.15. The zero-order valence-corrected chi connectivity index (χ0v) is 12.7. The molecule has 2 rings (SSSR count). The van der Waals surface area contributed by atoms with Gasteiger partial charge in [0.25, 0.3) is 0 Å². The van der Waals surface area contributed by atoms with Crippen LogP contribution in [-0.2, 0) is 0 Å². The Bertz CT molecular complexity index is 494. The zero-order valence-electron chi connectivity index (χ0n) is 9.48. The number of hydrazine groups is 1. The summed E-state index contributed by atoms with van der Waals surface area (Å²) in [7, 11) is 0. The van der Waals surface area contributed by atoms with Crippen molar-refractivity contribution in [1.29, 1.82) is 0 Å². The van der Waals surface area contributed by atoms with Crippen LogP contribution in [0.3, 0.4) is 0 Å². The van der Waals surface area contributed by atoms with Crippen LogP contribution < -0.4 is 11.3 Å². The van der Waals surface area contributed by atoms with E-state index in [1.807, 2.05) is 11.4 Å². The molecular weight excluding hydrogens is 320 g/mol. The summed E-state index contributed by atoms with van der Waals surface area (Å²) >= 11 is 6.60. The van der Waals surface area contributed by atoms with Crippen molar-refractivity contribution in [2.45, 2.75) is 25.8 Å². The van der Waals surface area contributed by atoms with Crippen molar-refractivity contribution < 1.29 is 0 Å². The first-order valence-electron chi connectivity index (χ1n) is 5.16. The van der Waals surface area contributed by atoms with Gasteiger partial charge in [0, 0.05) is 9.35 Å². The Kier molecular flexibility index (Phi) is 4.26. The largest absolute Gasteiger partial charge is 0.271 e. The summed E-state index contributed by atoms with van der Waals surface area (Å²) in [5.74, 6) is 6.03. The molecule has 0 aliphatic carbocycles. The maximum Gasteiger partial charge on any atom is 0.0940 e. The van der Waals surface area contributed by atoms with E-state index >= 15 is 0 Å². The topological polar surface area (TPSA) is 63.8 Å². The Morgan fingerprint density at radius 1 is 1.41 bits per heavy atom. The van der Waals surface area contributed by atoms with Gasteiger partial charge in [-0.05, 0) is 44.8 Å². The zero-order chi connectivity index (χ0) is 12.4. The highest BCUT2D eigenvalue weighted by Crippen LogP contribution is 2.36. The predicted octanol–water partition coefficient (Wildman–Crippen LogP) is 3.04. The maximum atomic E-state index is 5.68. The van der Waals surface area contributed by atoms with E-state index in [2.05, 4.69) is 44.8 Å². The average Bonchev–Trinajstić information content (AvgIpc) is 2.90. The Hall–Kier alpha value is -0.340. The molecule has 2 aromatic heterocycles. The lowest BCUT2D eigenvalue weighted by molar-refractivity contribution is 0.638. The quantitative estimate of drug-likeness (QED) is 0.667. The number of hydrogen-bond donors (Lipinski definition) is 2. The second-order valence-electron chi connectivity index (χ2n) is 3.91. The molecule has 0 saturated heterocycles. The van der Waals surface area contributed by atoms with Crippen LogP contribution in [0.5, 0.6) is 0 Å². The Morgan fingerprint density at radius 2 is 2.18 bits per heavy atom. The number of aromatic nitrogens is 2. The first-order chi connectivity index (χ1) is 8.15. The van der Waals surface area contributed by atoms with Gasteiger partial charge in [0.2, 0.25) is 0 Å². The second-order valence-corrected chi connectivity index (χ2v) is 6.50. The lowest BCUT2D eigenvalue weighted by atomic mass is 10.1. The van der Waals surface area contributed by atoms with Crippen molar-refractivity contribution in [3.8, 4) is 0 Å². The van der Waals surface area contributed by atoms with Crippen LogP contribution in [0.15, 0.2) is 15.9 Å². The van der Waals surface area contributed by atoms with Crippen LogP contribution in [0.2, 0.25) is 0 Å².